The molecule has 8 heteroatoms. The Morgan fingerprint density at radius 1 is 1.46 bits per heavy atom. The van der Waals surface area contributed by atoms with Gasteiger partial charge in [-0.3, -0.25) is 4.79 Å². The van der Waals surface area contributed by atoms with Gasteiger partial charge in [0.05, 0.1) is 6.10 Å². The third-order valence-corrected chi connectivity index (χ3v) is 4.73. The minimum atomic E-state index is -0.341. The molecule has 136 valence electrons. The summed E-state index contributed by atoms with van der Waals surface area (Å²) >= 11 is 1.61. The molecule has 1 aliphatic heterocycles. The number of carbonyl (C=O) groups excluding carboxylic acids is 1. The SMILES string of the molecule is CSc1nnc(CCCNC(=O)[C@@H]2CC[C@H](CN)O2)n1CC(C)C. The number of hydrogen-bond acceptors (Lipinski definition) is 6. The van der Waals surface area contributed by atoms with Crippen molar-refractivity contribution in [2.45, 2.75) is 63.4 Å². The topological polar surface area (TPSA) is 95.1 Å². The summed E-state index contributed by atoms with van der Waals surface area (Å²) in [5, 5.41) is 12.4. The zero-order valence-corrected chi connectivity index (χ0v) is 15.6. The molecule has 24 heavy (non-hydrogen) atoms. The third kappa shape index (κ3) is 5.19. The van der Waals surface area contributed by atoms with E-state index in [1.165, 1.54) is 0 Å². The molecule has 1 aliphatic rings. The van der Waals surface area contributed by atoms with Gasteiger partial charge < -0.3 is 20.4 Å². The van der Waals surface area contributed by atoms with E-state index in [2.05, 4.69) is 33.9 Å². The van der Waals surface area contributed by atoms with E-state index in [9.17, 15) is 4.79 Å². The number of aryl methyl sites for hydroxylation is 1. The van der Waals surface area contributed by atoms with Crippen molar-refractivity contribution in [3.05, 3.63) is 5.82 Å². The number of aromatic nitrogens is 3. The molecule has 0 aromatic carbocycles. The first kappa shape index (κ1) is 19.2. The van der Waals surface area contributed by atoms with Gasteiger partial charge in [0.2, 0.25) is 5.91 Å². The van der Waals surface area contributed by atoms with Crippen LogP contribution < -0.4 is 11.1 Å². The first-order chi connectivity index (χ1) is 11.5. The number of nitrogens with two attached hydrogens (primary N) is 1. The Hall–Kier alpha value is -1.12. The summed E-state index contributed by atoms with van der Waals surface area (Å²) in [5.74, 6) is 1.50. The van der Waals surface area contributed by atoms with Crippen LogP contribution in [-0.4, -0.2) is 52.2 Å². The van der Waals surface area contributed by atoms with Crippen molar-refractivity contribution in [3.8, 4) is 0 Å². The number of hydrogen-bond donors (Lipinski definition) is 2. The van der Waals surface area contributed by atoms with Gasteiger partial charge in [-0.1, -0.05) is 25.6 Å². The van der Waals surface area contributed by atoms with Gasteiger partial charge in [0, 0.05) is 26.1 Å². The van der Waals surface area contributed by atoms with Crippen molar-refractivity contribution in [1.29, 1.82) is 0 Å². The molecule has 1 saturated heterocycles. The Labute approximate surface area is 148 Å². The Kier molecular flexibility index (Phi) is 7.51. The van der Waals surface area contributed by atoms with Crippen LogP contribution in [0, 0.1) is 5.92 Å². The van der Waals surface area contributed by atoms with Gasteiger partial charge >= 0.3 is 0 Å². The van der Waals surface area contributed by atoms with Crippen molar-refractivity contribution < 1.29 is 9.53 Å². The van der Waals surface area contributed by atoms with Crippen molar-refractivity contribution in [1.82, 2.24) is 20.1 Å². The summed E-state index contributed by atoms with van der Waals surface area (Å²) in [4.78, 5) is 12.1. The molecule has 3 N–H and O–H groups in total. The lowest BCUT2D eigenvalue weighted by atomic mass is 10.2. The lowest BCUT2D eigenvalue weighted by Gasteiger charge is -2.13. The summed E-state index contributed by atoms with van der Waals surface area (Å²) in [7, 11) is 0. The fourth-order valence-electron chi connectivity index (χ4n) is 2.85. The molecule has 0 radical (unpaired) electrons. The van der Waals surface area contributed by atoms with E-state index in [4.69, 9.17) is 10.5 Å². The van der Waals surface area contributed by atoms with E-state index in [1.54, 1.807) is 11.8 Å². The van der Waals surface area contributed by atoms with Gasteiger partial charge in [-0.15, -0.1) is 10.2 Å². The Morgan fingerprint density at radius 2 is 2.25 bits per heavy atom. The highest BCUT2D eigenvalue weighted by Crippen LogP contribution is 2.19. The molecule has 1 fully saturated rings. The van der Waals surface area contributed by atoms with Crippen LogP contribution in [0.3, 0.4) is 0 Å². The zero-order chi connectivity index (χ0) is 17.5. The van der Waals surface area contributed by atoms with Crippen LogP contribution in [0.1, 0.15) is 38.9 Å². The quantitative estimate of drug-likeness (QED) is 0.511. The fourth-order valence-corrected chi connectivity index (χ4v) is 3.37. The highest BCUT2D eigenvalue weighted by atomic mass is 32.2. The van der Waals surface area contributed by atoms with E-state index in [1.807, 2.05) is 6.26 Å². The minimum absolute atomic E-state index is 0.0281. The summed E-state index contributed by atoms with van der Waals surface area (Å²) in [5.41, 5.74) is 5.57. The highest BCUT2D eigenvalue weighted by Gasteiger charge is 2.29. The van der Waals surface area contributed by atoms with Crippen LogP contribution in [0.4, 0.5) is 0 Å². The molecule has 0 bridgehead atoms. The largest absolute Gasteiger partial charge is 0.364 e. The van der Waals surface area contributed by atoms with Gasteiger partial charge in [-0.05, 0) is 31.4 Å². The number of ether oxygens (including phenoxy) is 1. The Balaban J connectivity index is 1.76. The molecule has 0 aliphatic carbocycles. The lowest BCUT2D eigenvalue weighted by molar-refractivity contribution is -0.131. The lowest BCUT2D eigenvalue weighted by Crippen LogP contribution is -2.36. The molecule has 1 aromatic rings. The monoisotopic (exact) mass is 355 g/mol. The summed E-state index contributed by atoms with van der Waals surface area (Å²) in [6.07, 6.45) is 4.96. The average molecular weight is 356 g/mol. The maximum absolute atomic E-state index is 12.1. The van der Waals surface area contributed by atoms with E-state index in [0.29, 0.717) is 19.0 Å². The van der Waals surface area contributed by atoms with Crippen LogP contribution in [0.5, 0.6) is 0 Å². The minimum Gasteiger partial charge on any atom is -0.364 e. The second-order valence-corrected chi connectivity index (χ2v) is 7.34. The fraction of sp³-hybridized carbons (Fsp3) is 0.812. The second-order valence-electron chi connectivity index (χ2n) is 6.56. The normalized spacial score (nSPS) is 20.7. The Morgan fingerprint density at radius 3 is 2.88 bits per heavy atom. The standard InChI is InChI=1S/C16H29N5O2S/c1-11(2)10-21-14(19-20-16(21)24-3)5-4-8-18-15(22)13-7-6-12(9-17)23-13/h11-13H,4-10,17H2,1-3H3,(H,18,22)/t12-,13+/m1/s1. The Bertz CT molecular complexity index is 535. The van der Waals surface area contributed by atoms with Gasteiger partial charge in [-0.25, -0.2) is 0 Å². The zero-order valence-electron chi connectivity index (χ0n) is 14.8. The van der Waals surface area contributed by atoms with Crippen LogP contribution in [0.2, 0.25) is 0 Å². The first-order valence-corrected chi connectivity index (χ1v) is 9.87. The van der Waals surface area contributed by atoms with Gasteiger partial charge in [-0.2, -0.15) is 0 Å². The molecule has 2 atom stereocenters. The number of carbonyl (C=O) groups is 1. The second kappa shape index (κ2) is 9.39. The van der Waals surface area contributed by atoms with Gasteiger partial charge in [0.25, 0.3) is 0 Å². The van der Waals surface area contributed by atoms with Crippen molar-refractivity contribution >= 4 is 17.7 Å². The van der Waals surface area contributed by atoms with Crippen molar-refractivity contribution in [2.75, 3.05) is 19.3 Å². The van der Waals surface area contributed by atoms with Gasteiger partial charge in [0.1, 0.15) is 11.9 Å². The molecular weight excluding hydrogens is 326 g/mol. The first-order valence-electron chi connectivity index (χ1n) is 8.64. The van der Waals surface area contributed by atoms with E-state index in [0.717, 1.165) is 43.2 Å². The van der Waals surface area contributed by atoms with Crippen molar-refractivity contribution in [3.63, 3.8) is 0 Å². The number of amides is 1. The van der Waals surface area contributed by atoms with E-state index >= 15 is 0 Å². The number of nitrogens with zero attached hydrogens (tertiary/aromatic N) is 3. The molecule has 2 rings (SSSR count). The van der Waals surface area contributed by atoms with Crippen molar-refractivity contribution in [2.24, 2.45) is 11.7 Å². The molecule has 0 unspecified atom stereocenters. The molecule has 1 aromatic heterocycles. The van der Waals surface area contributed by atoms with E-state index < -0.39 is 0 Å². The third-order valence-electron chi connectivity index (χ3n) is 4.06. The molecular formula is C16H29N5O2S. The number of thioether (sulfide) groups is 1. The summed E-state index contributed by atoms with van der Waals surface area (Å²) in [6.45, 7) is 6.39. The van der Waals surface area contributed by atoms with Crippen LogP contribution >= 0.6 is 11.8 Å². The number of rotatable bonds is 9. The number of nitrogens with one attached hydrogen (secondary N) is 1. The predicted octanol–water partition coefficient (Wildman–Crippen LogP) is 1.21. The predicted molar refractivity (Wildman–Crippen MR) is 94.9 cm³/mol. The van der Waals surface area contributed by atoms with Crippen LogP contribution in [0.25, 0.3) is 0 Å². The van der Waals surface area contributed by atoms with Gasteiger partial charge in [0.15, 0.2) is 5.16 Å². The molecule has 0 saturated carbocycles. The summed E-state index contributed by atoms with van der Waals surface area (Å²) in [6, 6.07) is 0. The molecule has 2 heterocycles. The maximum atomic E-state index is 12.1. The maximum Gasteiger partial charge on any atom is 0.249 e. The van der Waals surface area contributed by atoms with Crippen LogP contribution in [0.15, 0.2) is 5.16 Å². The summed E-state index contributed by atoms with van der Waals surface area (Å²) < 4.78 is 7.79. The molecule has 0 spiro atoms. The smallest absolute Gasteiger partial charge is 0.249 e. The molecule has 7 nitrogen and oxygen atoms in total. The van der Waals surface area contributed by atoms with E-state index in [-0.39, 0.29) is 18.1 Å². The average Bonchev–Trinajstić information content (AvgIpc) is 3.18. The highest BCUT2D eigenvalue weighted by molar-refractivity contribution is 7.98. The van der Waals surface area contributed by atoms with Crippen LogP contribution in [-0.2, 0) is 22.5 Å². The molecule has 1 amide bonds.